The van der Waals surface area contributed by atoms with E-state index in [4.69, 9.17) is 14.2 Å². The highest BCUT2D eigenvalue weighted by Crippen LogP contribution is 2.15. The Hall–Kier alpha value is -3.15. The lowest BCUT2D eigenvalue weighted by molar-refractivity contribution is -0.166. The molecular formula is C55H94O6. The first-order valence-corrected chi connectivity index (χ1v) is 25.4. The highest BCUT2D eigenvalue weighted by Gasteiger charge is 2.19. The van der Waals surface area contributed by atoms with Crippen molar-refractivity contribution in [2.75, 3.05) is 13.2 Å². The van der Waals surface area contributed by atoms with Crippen LogP contribution in [0.25, 0.3) is 0 Å². The van der Waals surface area contributed by atoms with Crippen molar-refractivity contribution >= 4 is 17.9 Å². The molecule has 0 saturated heterocycles. The van der Waals surface area contributed by atoms with Gasteiger partial charge in [0.2, 0.25) is 0 Å². The molecule has 0 saturated carbocycles. The molecule has 0 radical (unpaired) electrons. The van der Waals surface area contributed by atoms with E-state index in [2.05, 4.69) is 81.5 Å². The average Bonchev–Trinajstić information content (AvgIpc) is 3.26. The Balaban J connectivity index is 4.44. The number of carbonyl (C=O) groups is 3. The largest absolute Gasteiger partial charge is 0.462 e. The molecule has 61 heavy (non-hydrogen) atoms. The van der Waals surface area contributed by atoms with Crippen LogP contribution >= 0.6 is 0 Å². The molecule has 0 rings (SSSR count). The minimum Gasteiger partial charge on any atom is -0.462 e. The maximum absolute atomic E-state index is 12.7. The summed E-state index contributed by atoms with van der Waals surface area (Å²) in [6, 6.07) is 0. The molecule has 0 aliphatic heterocycles. The molecule has 350 valence electrons. The molecular weight excluding hydrogens is 757 g/mol. The van der Waals surface area contributed by atoms with Crippen LogP contribution in [-0.4, -0.2) is 37.2 Å². The van der Waals surface area contributed by atoms with E-state index in [0.717, 1.165) is 96.3 Å². The van der Waals surface area contributed by atoms with Crippen LogP contribution in [0.5, 0.6) is 0 Å². The maximum Gasteiger partial charge on any atom is 0.306 e. The Morgan fingerprint density at radius 3 is 1.13 bits per heavy atom. The Morgan fingerprint density at radius 1 is 0.344 bits per heavy atom. The molecule has 0 spiro atoms. The van der Waals surface area contributed by atoms with Crippen molar-refractivity contribution in [3.63, 3.8) is 0 Å². The van der Waals surface area contributed by atoms with Crippen molar-refractivity contribution in [2.24, 2.45) is 0 Å². The van der Waals surface area contributed by atoms with E-state index >= 15 is 0 Å². The van der Waals surface area contributed by atoms with Crippen LogP contribution in [0.15, 0.2) is 72.9 Å². The van der Waals surface area contributed by atoms with E-state index in [9.17, 15) is 14.4 Å². The fourth-order valence-corrected chi connectivity index (χ4v) is 6.91. The van der Waals surface area contributed by atoms with Crippen molar-refractivity contribution in [2.45, 2.75) is 245 Å². The highest BCUT2D eigenvalue weighted by molar-refractivity contribution is 5.71. The summed E-state index contributed by atoms with van der Waals surface area (Å²) in [4.78, 5) is 37.9. The Kier molecular flexibility index (Phi) is 46.9. The predicted octanol–water partition coefficient (Wildman–Crippen LogP) is 16.6. The number of rotatable bonds is 45. The zero-order valence-electron chi connectivity index (χ0n) is 39.9. The normalized spacial score (nSPS) is 12.6. The number of hydrogen-bond donors (Lipinski definition) is 0. The minimum absolute atomic E-state index is 0.107. The summed E-state index contributed by atoms with van der Waals surface area (Å²) in [5.74, 6) is -1.00. The molecule has 0 aromatic heterocycles. The highest BCUT2D eigenvalue weighted by atomic mass is 16.6. The van der Waals surface area contributed by atoms with Crippen molar-refractivity contribution in [3.05, 3.63) is 72.9 Å². The SMILES string of the molecule is CC/C=C\C/C=C\C/C=C\C/C=C\CCC(=O)OC(COC(=O)CCCCCCC/C=C\C/C=C\CCC)COC(=O)CCCCCCCCCCCCCCCCCCC. The van der Waals surface area contributed by atoms with Gasteiger partial charge in [0.15, 0.2) is 6.10 Å². The van der Waals surface area contributed by atoms with Crippen LogP contribution in [-0.2, 0) is 28.6 Å². The summed E-state index contributed by atoms with van der Waals surface area (Å²) in [5.41, 5.74) is 0. The second kappa shape index (κ2) is 49.5. The third-order valence-corrected chi connectivity index (χ3v) is 10.7. The molecule has 0 bridgehead atoms. The lowest BCUT2D eigenvalue weighted by Gasteiger charge is -2.18. The van der Waals surface area contributed by atoms with Gasteiger partial charge in [-0.15, -0.1) is 0 Å². The lowest BCUT2D eigenvalue weighted by Crippen LogP contribution is -2.30. The molecule has 0 fully saturated rings. The molecule has 0 amide bonds. The van der Waals surface area contributed by atoms with Crippen LogP contribution in [0.1, 0.15) is 239 Å². The molecule has 6 heteroatoms. The van der Waals surface area contributed by atoms with Crippen LogP contribution < -0.4 is 0 Å². The zero-order valence-corrected chi connectivity index (χ0v) is 39.9. The van der Waals surface area contributed by atoms with E-state index in [1.165, 1.54) is 96.3 Å². The predicted molar refractivity (Wildman–Crippen MR) is 261 cm³/mol. The molecule has 0 aliphatic carbocycles. The van der Waals surface area contributed by atoms with Crippen molar-refractivity contribution in [1.82, 2.24) is 0 Å². The van der Waals surface area contributed by atoms with Crippen LogP contribution in [0.4, 0.5) is 0 Å². The molecule has 0 N–H and O–H groups in total. The number of unbranched alkanes of at least 4 members (excludes halogenated alkanes) is 22. The molecule has 0 aliphatic rings. The van der Waals surface area contributed by atoms with Gasteiger partial charge in [0.05, 0.1) is 0 Å². The van der Waals surface area contributed by atoms with Gasteiger partial charge in [-0.05, 0) is 70.6 Å². The van der Waals surface area contributed by atoms with Gasteiger partial charge in [-0.3, -0.25) is 14.4 Å². The molecule has 0 heterocycles. The monoisotopic (exact) mass is 851 g/mol. The Bertz CT molecular complexity index is 1160. The molecule has 0 aromatic carbocycles. The fourth-order valence-electron chi connectivity index (χ4n) is 6.91. The van der Waals surface area contributed by atoms with E-state index in [-0.39, 0.29) is 31.6 Å². The van der Waals surface area contributed by atoms with Gasteiger partial charge < -0.3 is 14.2 Å². The third-order valence-electron chi connectivity index (χ3n) is 10.7. The van der Waals surface area contributed by atoms with Gasteiger partial charge in [-0.2, -0.15) is 0 Å². The summed E-state index contributed by atoms with van der Waals surface area (Å²) < 4.78 is 16.7. The molecule has 0 aromatic rings. The average molecular weight is 851 g/mol. The summed E-state index contributed by atoms with van der Waals surface area (Å²) in [6.07, 6.45) is 61.9. The summed E-state index contributed by atoms with van der Waals surface area (Å²) in [6.45, 7) is 6.39. The first-order valence-electron chi connectivity index (χ1n) is 25.4. The Morgan fingerprint density at radius 2 is 0.705 bits per heavy atom. The number of allylic oxidation sites excluding steroid dienone is 12. The summed E-state index contributed by atoms with van der Waals surface area (Å²) in [5, 5.41) is 0. The third kappa shape index (κ3) is 47.7. The number of hydrogen-bond acceptors (Lipinski definition) is 6. The molecule has 1 unspecified atom stereocenters. The lowest BCUT2D eigenvalue weighted by atomic mass is 10.0. The van der Waals surface area contributed by atoms with Crippen LogP contribution in [0.2, 0.25) is 0 Å². The number of esters is 3. The second-order valence-corrected chi connectivity index (χ2v) is 16.7. The van der Waals surface area contributed by atoms with Crippen LogP contribution in [0.3, 0.4) is 0 Å². The van der Waals surface area contributed by atoms with Gasteiger partial charge in [-0.25, -0.2) is 0 Å². The quantitative estimate of drug-likeness (QED) is 0.0263. The van der Waals surface area contributed by atoms with E-state index in [1.54, 1.807) is 0 Å². The van der Waals surface area contributed by atoms with E-state index in [0.29, 0.717) is 19.3 Å². The number of ether oxygens (including phenoxy) is 3. The zero-order chi connectivity index (χ0) is 44.4. The topological polar surface area (TPSA) is 78.9 Å². The maximum atomic E-state index is 12.7. The van der Waals surface area contributed by atoms with Gasteiger partial charge in [0.25, 0.3) is 0 Å². The van der Waals surface area contributed by atoms with Gasteiger partial charge in [-0.1, -0.05) is 222 Å². The standard InChI is InChI=1S/C55H94O6/c1-4-7-10-13-16-19-22-25-26-27-28-31-33-36-39-42-45-48-54(57)60-51-52(61-55(58)49-46-43-40-37-34-30-24-21-18-15-12-9-6-3)50-59-53(56)47-44-41-38-35-32-29-23-20-17-14-11-8-5-2/h9,11-12,14,18,20-21,23,30,34,40,43,52H,4-8,10,13,15-17,19,22,24-29,31-33,35-39,41-42,44-51H2,1-3H3/b12-9-,14-11-,21-18-,23-20-,34-30-,43-40-. The molecule has 1 atom stereocenters. The van der Waals surface area contributed by atoms with Gasteiger partial charge in [0, 0.05) is 19.3 Å². The van der Waals surface area contributed by atoms with Crippen molar-refractivity contribution < 1.29 is 28.6 Å². The number of carbonyl (C=O) groups excluding carboxylic acids is 3. The van der Waals surface area contributed by atoms with E-state index < -0.39 is 12.1 Å². The minimum atomic E-state index is -0.816. The summed E-state index contributed by atoms with van der Waals surface area (Å²) in [7, 11) is 0. The second-order valence-electron chi connectivity index (χ2n) is 16.7. The van der Waals surface area contributed by atoms with Crippen LogP contribution in [0, 0.1) is 0 Å². The van der Waals surface area contributed by atoms with Gasteiger partial charge >= 0.3 is 17.9 Å². The Labute approximate surface area is 376 Å². The van der Waals surface area contributed by atoms with Gasteiger partial charge in [0.1, 0.15) is 13.2 Å². The fraction of sp³-hybridized carbons (Fsp3) is 0.727. The summed E-state index contributed by atoms with van der Waals surface area (Å²) >= 11 is 0. The van der Waals surface area contributed by atoms with Crippen molar-refractivity contribution in [3.8, 4) is 0 Å². The first kappa shape index (κ1) is 57.9. The first-order chi connectivity index (χ1) is 30.0. The van der Waals surface area contributed by atoms with Crippen molar-refractivity contribution in [1.29, 1.82) is 0 Å². The smallest absolute Gasteiger partial charge is 0.306 e. The molecule has 6 nitrogen and oxygen atoms in total. The van der Waals surface area contributed by atoms with E-state index in [1.807, 2.05) is 12.2 Å².